The minimum Gasteiger partial charge on any atom is -0.497 e. The zero-order chi connectivity index (χ0) is 14.4. The molecule has 0 radical (unpaired) electrons. The van der Waals surface area contributed by atoms with Crippen molar-refractivity contribution in [2.24, 2.45) is 0 Å². The Hall–Kier alpha value is -1.55. The van der Waals surface area contributed by atoms with Crippen LogP contribution < -0.4 is 4.74 Å². The number of hydrogen-bond donors (Lipinski definition) is 1. The van der Waals surface area contributed by atoms with E-state index in [0.717, 1.165) is 24.2 Å². The van der Waals surface area contributed by atoms with Gasteiger partial charge in [0.25, 0.3) is 0 Å². The summed E-state index contributed by atoms with van der Waals surface area (Å²) in [6.07, 6.45) is 4.44. The van der Waals surface area contributed by atoms with E-state index >= 15 is 0 Å². The first-order valence-corrected chi connectivity index (χ1v) is 7.28. The average Bonchev–Trinajstić information content (AvgIpc) is 2.41. The second-order valence-corrected chi connectivity index (χ2v) is 5.28. The lowest BCUT2D eigenvalue weighted by Gasteiger charge is -2.37. The summed E-state index contributed by atoms with van der Waals surface area (Å²) in [6.45, 7) is 0.791. The highest BCUT2D eigenvalue weighted by Gasteiger charge is 2.28. The van der Waals surface area contributed by atoms with Crippen LogP contribution >= 0.6 is 0 Å². The molecule has 0 bridgehead atoms. The van der Waals surface area contributed by atoms with Gasteiger partial charge in [-0.05, 0) is 43.4 Å². The summed E-state index contributed by atoms with van der Waals surface area (Å²) < 4.78 is 5.18. The van der Waals surface area contributed by atoms with Crippen LogP contribution in [0.3, 0.4) is 0 Å². The fourth-order valence-corrected chi connectivity index (χ4v) is 2.51. The van der Waals surface area contributed by atoms with E-state index in [0.29, 0.717) is 25.4 Å². The Labute approximate surface area is 120 Å². The molecular weight excluding hydrogens is 254 g/mol. The van der Waals surface area contributed by atoms with E-state index in [1.54, 1.807) is 7.11 Å². The fourth-order valence-electron chi connectivity index (χ4n) is 2.51. The SMILES string of the molecule is COc1cccc(CC(=O)N(CCCO)C2CCC2)c1. The van der Waals surface area contributed by atoms with Gasteiger partial charge in [0.15, 0.2) is 0 Å². The van der Waals surface area contributed by atoms with Crippen LogP contribution in [0, 0.1) is 0 Å². The van der Waals surface area contributed by atoms with Crippen molar-refractivity contribution in [3.05, 3.63) is 29.8 Å². The lowest BCUT2D eigenvalue weighted by Crippen LogP contribution is -2.45. The second-order valence-electron chi connectivity index (χ2n) is 5.28. The van der Waals surface area contributed by atoms with Crippen LogP contribution in [-0.4, -0.2) is 42.2 Å². The molecule has 110 valence electrons. The lowest BCUT2D eigenvalue weighted by atomic mass is 9.91. The first kappa shape index (κ1) is 14.9. The second kappa shape index (κ2) is 7.29. The topological polar surface area (TPSA) is 49.8 Å². The summed E-state index contributed by atoms with van der Waals surface area (Å²) in [6, 6.07) is 8.01. The molecule has 0 unspecified atom stereocenters. The standard InChI is InChI=1S/C16H23NO3/c1-20-15-8-2-5-13(11-15)12-16(19)17(9-4-10-18)14-6-3-7-14/h2,5,8,11,14,18H,3-4,6-7,9-10,12H2,1H3. The van der Waals surface area contributed by atoms with Crippen LogP contribution in [0.1, 0.15) is 31.2 Å². The largest absolute Gasteiger partial charge is 0.497 e. The molecule has 0 spiro atoms. The number of carbonyl (C=O) groups excluding carboxylic acids is 1. The molecule has 0 atom stereocenters. The van der Waals surface area contributed by atoms with Gasteiger partial charge in [-0.2, -0.15) is 0 Å². The van der Waals surface area contributed by atoms with Crippen LogP contribution in [0.4, 0.5) is 0 Å². The first-order chi connectivity index (χ1) is 9.74. The highest BCUT2D eigenvalue weighted by molar-refractivity contribution is 5.79. The highest BCUT2D eigenvalue weighted by atomic mass is 16.5. The van der Waals surface area contributed by atoms with Crippen LogP contribution in [0.5, 0.6) is 5.75 Å². The van der Waals surface area contributed by atoms with E-state index in [-0.39, 0.29) is 12.5 Å². The van der Waals surface area contributed by atoms with Gasteiger partial charge in [-0.25, -0.2) is 0 Å². The van der Waals surface area contributed by atoms with Gasteiger partial charge < -0.3 is 14.7 Å². The van der Waals surface area contributed by atoms with Crippen molar-refractivity contribution in [3.8, 4) is 5.75 Å². The molecule has 0 aromatic heterocycles. The Morgan fingerprint density at radius 1 is 1.45 bits per heavy atom. The fraction of sp³-hybridized carbons (Fsp3) is 0.562. The maximum absolute atomic E-state index is 12.5. The van der Waals surface area contributed by atoms with Gasteiger partial charge in [0.1, 0.15) is 5.75 Å². The molecule has 20 heavy (non-hydrogen) atoms. The van der Waals surface area contributed by atoms with Crippen LogP contribution in [-0.2, 0) is 11.2 Å². The molecule has 4 heteroatoms. The molecule has 4 nitrogen and oxygen atoms in total. The molecule has 1 aliphatic rings. The number of rotatable bonds is 7. The summed E-state index contributed by atoms with van der Waals surface area (Å²) >= 11 is 0. The summed E-state index contributed by atoms with van der Waals surface area (Å²) in [5, 5.41) is 8.97. The van der Waals surface area contributed by atoms with Crippen molar-refractivity contribution in [2.45, 2.75) is 38.1 Å². The zero-order valence-electron chi connectivity index (χ0n) is 12.0. The number of methoxy groups -OCH3 is 1. The third-order valence-electron chi connectivity index (χ3n) is 3.88. The molecule has 1 N–H and O–H groups in total. The molecule has 0 heterocycles. The van der Waals surface area contributed by atoms with E-state index in [9.17, 15) is 4.79 Å². The smallest absolute Gasteiger partial charge is 0.227 e. The minimum absolute atomic E-state index is 0.135. The van der Waals surface area contributed by atoms with Crippen LogP contribution in [0.2, 0.25) is 0 Å². The molecule has 1 saturated carbocycles. The maximum Gasteiger partial charge on any atom is 0.227 e. The Bertz CT molecular complexity index is 443. The molecule has 1 aromatic rings. The van der Waals surface area contributed by atoms with Gasteiger partial charge in [0.05, 0.1) is 13.5 Å². The molecule has 1 aromatic carbocycles. The van der Waals surface area contributed by atoms with Crippen molar-refractivity contribution in [3.63, 3.8) is 0 Å². The molecule has 1 amide bonds. The first-order valence-electron chi connectivity index (χ1n) is 7.28. The van der Waals surface area contributed by atoms with Gasteiger partial charge in [-0.15, -0.1) is 0 Å². The molecular formula is C16H23NO3. The van der Waals surface area contributed by atoms with Crippen molar-refractivity contribution in [1.29, 1.82) is 0 Å². The van der Waals surface area contributed by atoms with E-state index in [1.807, 2.05) is 29.2 Å². The predicted molar refractivity (Wildman–Crippen MR) is 77.8 cm³/mol. The van der Waals surface area contributed by atoms with Gasteiger partial charge in [0, 0.05) is 19.2 Å². The average molecular weight is 277 g/mol. The van der Waals surface area contributed by atoms with E-state index in [4.69, 9.17) is 9.84 Å². The van der Waals surface area contributed by atoms with Gasteiger partial charge in [-0.3, -0.25) is 4.79 Å². The molecule has 0 saturated heterocycles. The van der Waals surface area contributed by atoms with E-state index in [1.165, 1.54) is 6.42 Å². The number of benzene rings is 1. The summed E-state index contributed by atoms with van der Waals surface area (Å²) in [5.41, 5.74) is 0.975. The number of nitrogens with zero attached hydrogens (tertiary/aromatic N) is 1. The maximum atomic E-state index is 12.5. The number of ether oxygens (including phenoxy) is 1. The number of aliphatic hydroxyl groups is 1. The molecule has 2 rings (SSSR count). The summed E-state index contributed by atoms with van der Waals surface area (Å²) in [5.74, 6) is 0.928. The number of aliphatic hydroxyl groups excluding tert-OH is 1. The normalized spacial score (nSPS) is 14.7. The van der Waals surface area contributed by atoms with Crippen molar-refractivity contribution in [2.75, 3.05) is 20.3 Å². The lowest BCUT2D eigenvalue weighted by molar-refractivity contribution is -0.134. The van der Waals surface area contributed by atoms with Crippen LogP contribution in [0.15, 0.2) is 24.3 Å². The summed E-state index contributed by atoms with van der Waals surface area (Å²) in [4.78, 5) is 14.4. The van der Waals surface area contributed by atoms with Crippen molar-refractivity contribution < 1.29 is 14.6 Å². The Kier molecular flexibility index (Phi) is 5.41. The van der Waals surface area contributed by atoms with E-state index < -0.39 is 0 Å². The van der Waals surface area contributed by atoms with Crippen molar-refractivity contribution in [1.82, 2.24) is 4.90 Å². The van der Waals surface area contributed by atoms with Crippen molar-refractivity contribution >= 4 is 5.91 Å². The number of carbonyl (C=O) groups is 1. The molecule has 1 aliphatic carbocycles. The van der Waals surface area contributed by atoms with Crippen LogP contribution in [0.25, 0.3) is 0 Å². The molecule has 0 aliphatic heterocycles. The Morgan fingerprint density at radius 3 is 2.85 bits per heavy atom. The minimum atomic E-state index is 0.135. The third-order valence-corrected chi connectivity index (χ3v) is 3.88. The van der Waals surface area contributed by atoms with Gasteiger partial charge >= 0.3 is 0 Å². The van der Waals surface area contributed by atoms with Gasteiger partial charge in [-0.1, -0.05) is 12.1 Å². The number of amides is 1. The Morgan fingerprint density at radius 2 is 2.25 bits per heavy atom. The highest BCUT2D eigenvalue weighted by Crippen LogP contribution is 2.26. The van der Waals surface area contributed by atoms with E-state index in [2.05, 4.69) is 0 Å². The Balaban J connectivity index is 1.99. The zero-order valence-corrected chi connectivity index (χ0v) is 12.0. The quantitative estimate of drug-likeness (QED) is 0.829. The number of hydrogen-bond acceptors (Lipinski definition) is 3. The predicted octanol–water partition coefficient (Wildman–Crippen LogP) is 2.00. The molecule has 1 fully saturated rings. The monoisotopic (exact) mass is 277 g/mol. The van der Waals surface area contributed by atoms with Gasteiger partial charge in [0.2, 0.25) is 5.91 Å². The summed E-state index contributed by atoms with van der Waals surface area (Å²) in [7, 11) is 1.63. The third kappa shape index (κ3) is 3.73.